The maximum atomic E-state index is 13.7. The molecule has 0 spiro atoms. The van der Waals surface area contributed by atoms with Gasteiger partial charge in [0.25, 0.3) is 0 Å². The molecule has 3 aromatic carbocycles. The molecule has 2 aliphatic heterocycles. The number of piperidine rings is 1. The number of carbonyl (C=O) groups is 2. The predicted molar refractivity (Wildman–Crippen MR) is 220 cm³/mol. The average molecular weight is 779 g/mol. The van der Waals surface area contributed by atoms with E-state index >= 15 is 0 Å². The number of ether oxygens (including phenoxy) is 1. The van der Waals surface area contributed by atoms with Crippen LogP contribution in [0.4, 0.5) is 0 Å². The van der Waals surface area contributed by atoms with Gasteiger partial charge in [-0.05, 0) is 140 Å². The molecule has 0 bridgehead atoms. The normalized spacial score (nSPS) is 26.0. The number of nitrogens with two attached hydrogens (primary N) is 1. The summed E-state index contributed by atoms with van der Waals surface area (Å²) in [5.41, 5.74) is 9.35. The Balaban J connectivity index is 1.05. The number of rotatable bonds is 13. The number of phenolic OH excluding ortho intramolecular Hbond substituents is 2. The van der Waals surface area contributed by atoms with E-state index in [2.05, 4.69) is 27.5 Å². The van der Waals surface area contributed by atoms with E-state index < -0.39 is 24.0 Å². The fraction of sp³-hybridized carbons (Fsp3) is 0.543. The van der Waals surface area contributed by atoms with Crippen LogP contribution < -0.4 is 21.1 Å². The SMILES string of the molecule is COc1cc2c(cc1O)[C@H](CC[C@H](O)c1cc(C[C@H]3CCN=C(N)N3)c3cc(O)ccc3c1)C#C[C@H]([C@H](O)CCCC[C@@H]1CN[C@@H]3CC(=O)CC[C@@H]3C1)C(=O)CC2. The molecule has 11 nitrogen and oxygen atoms in total. The molecule has 304 valence electrons. The topological polar surface area (TPSA) is 187 Å². The molecule has 11 heteroatoms. The number of aliphatic imine (C=N–C) groups is 1. The van der Waals surface area contributed by atoms with E-state index in [9.17, 15) is 30.0 Å². The number of aliphatic hydroxyl groups excluding tert-OH is 2. The van der Waals surface area contributed by atoms with Gasteiger partial charge in [0.15, 0.2) is 23.2 Å². The number of benzene rings is 3. The molecule has 8 N–H and O–H groups in total. The zero-order valence-electron chi connectivity index (χ0n) is 33.0. The van der Waals surface area contributed by atoms with Crippen LogP contribution in [0.25, 0.3) is 10.8 Å². The third kappa shape index (κ3) is 9.92. The highest BCUT2D eigenvalue weighted by atomic mass is 16.5. The van der Waals surface area contributed by atoms with Gasteiger partial charge in [0, 0.05) is 43.8 Å². The lowest BCUT2D eigenvalue weighted by atomic mass is 9.74. The first-order chi connectivity index (χ1) is 27.5. The Morgan fingerprint density at radius 3 is 2.67 bits per heavy atom. The minimum absolute atomic E-state index is 0.0177. The summed E-state index contributed by atoms with van der Waals surface area (Å²) in [5.74, 6) is 7.57. The van der Waals surface area contributed by atoms with Gasteiger partial charge in [-0.15, -0.1) is 0 Å². The third-order valence-electron chi connectivity index (χ3n) is 12.8. The molecule has 0 amide bonds. The molecule has 0 aromatic heterocycles. The van der Waals surface area contributed by atoms with E-state index in [0.717, 1.165) is 78.1 Å². The van der Waals surface area contributed by atoms with E-state index in [1.54, 1.807) is 24.3 Å². The molecule has 2 heterocycles. The number of nitrogens with one attached hydrogen (secondary N) is 2. The fourth-order valence-electron chi connectivity index (χ4n) is 9.60. The van der Waals surface area contributed by atoms with Crippen LogP contribution in [0.5, 0.6) is 17.2 Å². The molecule has 0 unspecified atom stereocenters. The first kappa shape index (κ1) is 40.6. The second-order valence-corrected chi connectivity index (χ2v) is 16.8. The van der Waals surface area contributed by atoms with Crippen LogP contribution in [0.1, 0.15) is 111 Å². The number of Topliss-reactive ketones (excluding diaryl/α,β-unsaturated/α-hetero) is 2. The van der Waals surface area contributed by atoms with E-state index in [1.165, 1.54) is 7.11 Å². The van der Waals surface area contributed by atoms with Crippen LogP contribution >= 0.6 is 0 Å². The van der Waals surface area contributed by atoms with Crippen LogP contribution in [0.2, 0.25) is 0 Å². The summed E-state index contributed by atoms with van der Waals surface area (Å²) in [7, 11) is 1.49. The maximum absolute atomic E-state index is 13.7. The number of hydrogen-bond donors (Lipinski definition) is 7. The number of unbranched alkanes of at least 4 members (excludes halogenated alkanes) is 1. The molecule has 1 saturated carbocycles. The Bertz CT molecular complexity index is 2040. The zero-order valence-corrected chi connectivity index (χ0v) is 33.0. The Hall–Kier alpha value is -4.63. The summed E-state index contributed by atoms with van der Waals surface area (Å²) < 4.78 is 5.43. The number of aryl methyl sites for hydroxylation is 1. The standard InChI is InChI=1S/C46H58N4O7/c1-57-45-22-30-10-15-43(55)37(42(54)5-3-2-4-27-18-31-7-12-36(52)24-40(31)49-26-27)13-8-28(39(30)25-44(45)56)9-14-41(53)33-19-29-6-11-35(51)23-38(29)32(20-33)21-34-16-17-48-46(47)50-34/h6,11,19-20,22-23,25,27-28,31,34,37,40-42,49,51,53-54,56H,2-5,7,9-10,12,14-18,21,24,26H2,1H3,(H3,47,48,50)/t27-,28-,31+,34+,37+,40+,41-,42+/m0/s1. The zero-order chi connectivity index (χ0) is 40.1. The second kappa shape index (κ2) is 18.3. The number of ketones is 2. The van der Waals surface area contributed by atoms with Crippen molar-refractivity contribution in [2.75, 3.05) is 20.2 Å². The lowest BCUT2D eigenvalue weighted by Gasteiger charge is -2.39. The van der Waals surface area contributed by atoms with Crippen LogP contribution in [-0.2, 0) is 22.4 Å². The monoisotopic (exact) mass is 778 g/mol. The maximum Gasteiger partial charge on any atom is 0.188 e. The molecule has 4 aliphatic rings. The van der Waals surface area contributed by atoms with E-state index in [0.29, 0.717) is 86.9 Å². The number of fused-ring (bicyclic) bond motifs is 3. The highest BCUT2D eigenvalue weighted by molar-refractivity contribution is 5.88. The van der Waals surface area contributed by atoms with Gasteiger partial charge in [0.2, 0.25) is 0 Å². The van der Waals surface area contributed by atoms with Gasteiger partial charge in [-0.25, -0.2) is 0 Å². The van der Waals surface area contributed by atoms with Crippen LogP contribution in [0.3, 0.4) is 0 Å². The van der Waals surface area contributed by atoms with Crippen molar-refractivity contribution in [3.63, 3.8) is 0 Å². The molecular formula is C46H58N4O7. The van der Waals surface area contributed by atoms with Crippen molar-refractivity contribution in [2.24, 2.45) is 28.5 Å². The van der Waals surface area contributed by atoms with Crippen molar-refractivity contribution in [1.82, 2.24) is 10.6 Å². The van der Waals surface area contributed by atoms with Crippen molar-refractivity contribution in [1.29, 1.82) is 0 Å². The Morgan fingerprint density at radius 2 is 1.84 bits per heavy atom. The van der Waals surface area contributed by atoms with Crippen molar-refractivity contribution in [3.8, 4) is 29.1 Å². The molecule has 1 saturated heterocycles. The van der Waals surface area contributed by atoms with Crippen molar-refractivity contribution >= 4 is 28.3 Å². The predicted octanol–water partition coefficient (Wildman–Crippen LogP) is 5.48. The lowest BCUT2D eigenvalue weighted by Crippen LogP contribution is -2.48. The van der Waals surface area contributed by atoms with Gasteiger partial charge in [0.05, 0.1) is 19.3 Å². The fourth-order valence-corrected chi connectivity index (χ4v) is 9.60. The van der Waals surface area contributed by atoms with Crippen molar-refractivity contribution in [2.45, 2.75) is 120 Å². The highest BCUT2D eigenvalue weighted by Crippen LogP contribution is 2.39. The number of nitrogens with zero attached hydrogens (tertiary/aromatic N) is 1. The second-order valence-electron chi connectivity index (χ2n) is 16.8. The Labute approximate surface area is 335 Å². The number of aromatic hydroxyl groups is 2. The van der Waals surface area contributed by atoms with Gasteiger partial charge in [-0.3, -0.25) is 14.6 Å². The van der Waals surface area contributed by atoms with Crippen LogP contribution in [-0.4, -0.2) is 76.3 Å². The number of methoxy groups -OCH3 is 1. The molecule has 0 radical (unpaired) electrons. The van der Waals surface area contributed by atoms with Gasteiger partial charge >= 0.3 is 0 Å². The number of carbonyl (C=O) groups excluding carboxylic acids is 2. The number of phenols is 2. The summed E-state index contributed by atoms with van der Waals surface area (Å²) in [6.45, 7) is 1.56. The number of guanidine groups is 1. The van der Waals surface area contributed by atoms with Crippen molar-refractivity contribution in [3.05, 3.63) is 64.7 Å². The minimum atomic E-state index is -0.894. The van der Waals surface area contributed by atoms with Gasteiger partial charge < -0.3 is 41.5 Å². The first-order valence-corrected chi connectivity index (χ1v) is 20.9. The molecule has 7 rings (SSSR count). The molecule has 8 atom stereocenters. The molecular weight excluding hydrogens is 721 g/mol. The summed E-state index contributed by atoms with van der Waals surface area (Å²) in [6, 6.07) is 13.0. The van der Waals surface area contributed by atoms with Gasteiger partial charge in [0.1, 0.15) is 17.5 Å². The average Bonchev–Trinajstić information content (AvgIpc) is 3.26. The first-order valence-electron chi connectivity index (χ1n) is 20.9. The number of aliphatic hydroxyl groups is 2. The van der Waals surface area contributed by atoms with E-state index in [4.69, 9.17) is 10.5 Å². The molecule has 2 aliphatic carbocycles. The molecule has 57 heavy (non-hydrogen) atoms. The quantitative estimate of drug-likeness (QED) is 0.0866. The largest absolute Gasteiger partial charge is 0.508 e. The third-order valence-corrected chi connectivity index (χ3v) is 12.8. The number of hydrogen-bond acceptors (Lipinski definition) is 11. The lowest BCUT2D eigenvalue weighted by molar-refractivity contribution is -0.124. The summed E-state index contributed by atoms with van der Waals surface area (Å²) in [6.07, 6.45) is 7.87. The van der Waals surface area contributed by atoms with Gasteiger partial charge in [-0.1, -0.05) is 36.8 Å². The molecule has 2 fully saturated rings. The van der Waals surface area contributed by atoms with E-state index in [-0.39, 0.29) is 29.7 Å². The van der Waals surface area contributed by atoms with Crippen LogP contribution in [0, 0.1) is 29.6 Å². The van der Waals surface area contributed by atoms with Crippen LogP contribution in [0.15, 0.2) is 47.5 Å². The summed E-state index contributed by atoms with van der Waals surface area (Å²) >= 11 is 0. The summed E-state index contributed by atoms with van der Waals surface area (Å²) in [4.78, 5) is 29.8. The smallest absolute Gasteiger partial charge is 0.188 e. The van der Waals surface area contributed by atoms with Crippen molar-refractivity contribution < 1.29 is 34.8 Å². The van der Waals surface area contributed by atoms with Gasteiger partial charge in [-0.2, -0.15) is 0 Å². The summed E-state index contributed by atoms with van der Waals surface area (Å²) in [5, 5.41) is 53.0. The Morgan fingerprint density at radius 1 is 0.982 bits per heavy atom. The molecule has 3 aromatic rings. The van der Waals surface area contributed by atoms with E-state index in [1.807, 2.05) is 18.2 Å². The Kier molecular flexibility index (Phi) is 13.0. The minimum Gasteiger partial charge on any atom is -0.508 e. The highest BCUT2D eigenvalue weighted by Gasteiger charge is 2.35.